The molecule has 29 heavy (non-hydrogen) atoms. The van der Waals surface area contributed by atoms with Gasteiger partial charge >= 0.3 is 0 Å². The fourth-order valence-corrected chi connectivity index (χ4v) is 3.78. The maximum absolute atomic E-state index is 12.9. The zero-order valence-corrected chi connectivity index (χ0v) is 16.6. The minimum Gasteiger partial charge on any atom is -0.352 e. The first-order valence-electron chi connectivity index (χ1n) is 9.67. The molecular formula is C21H24N6O2. The number of aromatic nitrogens is 4. The molecule has 4 rings (SSSR count). The van der Waals surface area contributed by atoms with E-state index in [4.69, 9.17) is 0 Å². The number of rotatable bonds is 5. The maximum Gasteiger partial charge on any atom is 0.270 e. The quantitative estimate of drug-likeness (QED) is 0.710. The molecule has 3 aromatic rings. The van der Waals surface area contributed by atoms with Crippen LogP contribution in [0.15, 0.2) is 42.9 Å². The minimum atomic E-state index is -0.150. The van der Waals surface area contributed by atoms with E-state index in [1.54, 1.807) is 24.5 Å². The van der Waals surface area contributed by atoms with Gasteiger partial charge in [-0.05, 0) is 24.3 Å². The summed E-state index contributed by atoms with van der Waals surface area (Å²) >= 11 is 0. The topological polar surface area (TPSA) is 85.1 Å². The molecule has 0 aliphatic carbocycles. The van der Waals surface area contributed by atoms with Gasteiger partial charge in [0.05, 0.1) is 11.3 Å². The molecule has 0 spiro atoms. The zero-order valence-electron chi connectivity index (χ0n) is 16.6. The second-order valence-electron chi connectivity index (χ2n) is 7.22. The standard InChI is InChI=1S/C21H24N6O2/c1-25-11-4-6-19(25)21(29)27-12-8-18-16(14-27)17(24-26(18)2)7-10-23-20(28)15-5-3-9-22-13-15/h3-6,9,11,13H,7-8,10,12,14H2,1-2H3,(H,23,28). The summed E-state index contributed by atoms with van der Waals surface area (Å²) in [6, 6.07) is 7.19. The Labute approximate surface area is 169 Å². The van der Waals surface area contributed by atoms with E-state index in [9.17, 15) is 9.59 Å². The highest BCUT2D eigenvalue weighted by Gasteiger charge is 2.27. The Balaban J connectivity index is 1.44. The van der Waals surface area contributed by atoms with Crippen LogP contribution in [0.2, 0.25) is 0 Å². The largest absolute Gasteiger partial charge is 0.352 e. The molecule has 8 heteroatoms. The zero-order chi connectivity index (χ0) is 20.4. The third-order valence-electron chi connectivity index (χ3n) is 5.35. The molecule has 0 radical (unpaired) electrons. The van der Waals surface area contributed by atoms with Gasteiger partial charge in [-0.1, -0.05) is 0 Å². The van der Waals surface area contributed by atoms with Gasteiger partial charge in [0.15, 0.2) is 0 Å². The van der Waals surface area contributed by atoms with Crippen LogP contribution >= 0.6 is 0 Å². The maximum atomic E-state index is 12.9. The van der Waals surface area contributed by atoms with Crippen LogP contribution in [0, 0.1) is 0 Å². The van der Waals surface area contributed by atoms with E-state index in [-0.39, 0.29) is 11.8 Å². The minimum absolute atomic E-state index is 0.0304. The van der Waals surface area contributed by atoms with Crippen molar-refractivity contribution >= 4 is 11.8 Å². The molecular weight excluding hydrogens is 368 g/mol. The summed E-state index contributed by atoms with van der Waals surface area (Å²) in [5.74, 6) is -0.119. The lowest BCUT2D eigenvalue weighted by Gasteiger charge is -2.28. The average Bonchev–Trinajstić information content (AvgIpc) is 3.31. The van der Waals surface area contributed by atoms with Crippen molar-refractivity contribution in [3.8, 4) is 0 Å². The van der Waals surface area contributed by atoms with Gasteiger partial charge < -0.3 is 14.8 Å². The molecule has 0 atom stereocenters. The Kier molecular flexibility index (Phi) is 5.16. The predicted octanol–water partition coefficient (Wildman–Crippen LogP) is 1.32. The lowest BCUT2D eigenvalue weighted by Crippen LogP contribution is -2.37. The SMILES string of the molecule is Cn1cccc1C(=O)N1CCc2c(c(CCNC(=O)c3cccnc3)nn2C)C1. The lowest BCUT2D eigenvalue weighted by molar-refractivity contribution is 0.0723. The summed E-state index contributed by atoms with van der Waals surface area (Å²) < 4.78 is 3.74. The molecule has 3 aromatic heterocycles. The molecule has 4 heterocycles. The van der Waals surface area contributed by atoms with Crippen molar-refractivity contribution in [3.05, 3.63) is 71.1 Å². The van der Waals surface area contributed by atoms with Gasteiger partial charge in [0, 0.05) is 76.4 Å². The molecule has 1 N–H and O–H groups in total. The molecule has 1 aliphatic rings. The van der Waals surface area contributed by atoms with Gasteiger partial charge in [-0.25, -0.2) is 0 Å². The van der Waals surface area contributed by atoms with E-state index in [0.717, 1.165) is 23.4 Å². The second-order valence-corrected chi connectivity index (χ2v) is 7.22. The van der Waals surface area contributed by atoms with Crippen molar-refractivity contribution in [1.29, 1.82) is 0 Å². The predicted molar refractivity (Wildman–Crippen MR) is 107 cm³/mol. The Morgan fingerprint density at radius 3 is 2.79 bits per heavy atom. The Morgan fingerprint density at radius 2 is 2.07 bits per heavy atom. The number of carbonyl (C=O) groups excluding carboxylic acids is 2. The van der Waals surface area contributed by atoms with Crippen molar-refractivity contribution in [3.63, 3.8) is 0 Å². The molecule has 1 aliphatic heterocycles. The summed E-state index contributed by atoms with van der Waals surface area (Å²) in [7, 11) is 3.81. The fraction of sp³-hybridized carbons (Fsp3) is 0.333. The highest BCUT2D eigenvalue weighted by molar-refractivity contribution is 5.94. The Morgan fingerprint density at radius 1 is 1.21 bits per heavy atom. The highest BCUT2D eigenvalue weighted by atomic mass is 16.2. The van der Waals surface area contributed by atoms with Crippen LogP contribution in [0.4, 0.5) is 0 Å². The van der Waals surface area contributed by atoms with Gasteiger partial charge in [0.1, 0.15) is 5.69 Å². The molecule has 0 aromatic carbocycles. The fourth-order valence-electron chi connectivity index (χ4n) is 3.78. The third kappa shape index (κ3) is 3.78. The Bertz CT molecular complexity index is 1040. The Hall–Kier alpha value is -3.42. The van der Waals surface area contributed by atoms with Crippen LogP contribution in [-0.2, 0) is 33.5 Å². The monoisotopic (exact) mass is 392 g/mol. The first-order chi connectivity index (χ1) is 14.0. The molecule has 0 fully saturated rings. The van der Waals surface area contributed by atoms with Crippen molar-refractivity contribution < 1.29 is 9.59 Å². The molecule has 0 saturated heterocycles. The second kappa shape index (κ2) is 7.90. The number of fused-ring (bicyclic) bond motifs is 1. The first kappa shape index (κ1) is 18.9. The van der Waals surface area contributed by atoms with E-state index in [1.165, 1.54) is 0 Å². The molecule has 150 valence electrons. The number of nitrogens with one attached hydrogen (secondary N) is 1. The molecule has 0 bridgehead atoms. The number of pyridine rings is 1. The normalized spacial score (nSPS) is 13.2. The number of hydrogen-bond acceptors (Lipinski definition) is 4. The van der Waals surface area contributed by atoms with Crippen LogP contribution in [0.1, 0.15) is 37.8 Å². The van der Waals surface area contributed by atoms with Gasteiger partial charge in [-0.2, -0.15) is 5.10 Å². The van der Waals surface area contributed by atoms with Crippen molar-refractivity contribution in [2.45, 2.75) is 19.4 Å². The molecule has 0 unspecified atom stereocenters. The van der Waals surface area contributed by atoms with E-state index in [2.05, 4.69) is 15.4 Å². The summed E-state index contributed by atoms with van der Waals surface area (Å²) in [5, 5.41) is 7.56. The van der Waals surface area contributed by atoms with Crippen LogP contribution < -0.4 is 5.32 Å². The van der Waals surface area contributed by atoms with Crippen LogP contribution in [0.3, 0.4) is 0 Å². The smallest absolute Gasteiger partial charge is 0.270 e. The summed E-state index contributed by atoms with van der Waals surface area (Å²) in [4.78, 5) is 30.9. The number of amides is 2. The molecule has 2 amide bonds. The van der Waals surface area contributed by atoms with Gasteiger partial charge in [0.25, 0.3) is 11.8 Å². The van der Waals surface area contributed by atoms with Crippen molar-refractivity contribution in [1.82, 2.24) is 29.5 Å². The number of carbonyl (C=O) groups is 2. The first-order valence-corrected chi connectivity index (χ1v) is 9.67. The van der Waals surface area contributed by atoms with Crippen molar-refractivity contribution in [2.24, 2.45) is 14.1 Å². The van der Waals surface area contributed by atoms with E-state index in [1.807, 2.05) is 46.6 Å². The van der Waals surface area contributed by atoms with E-state index < -0.39 is 0 Å². The van der Waals surface area contributed by atoms with Gasteiger partial charge in [-0.3, -0.25) is 19.3 Å². The summed E-state index contributed by atoms with van der Waals surface area (Å²) in [6.45, 7) is 1.69. The van der Waals surface area contributed by atoms with Gasteiger partial charge in [0.2, 0.25) is 0 Å². The van der Waals surface area contributed by atoms with Gasteiger partial charge in [-0.15, -0.1) is 0 Å². The lowest BCUT2D eigenvalue weighted by atomic mass is 10.0. The highest BCUT2D eigenvalue weighted by Crippen LogP contribution is 2.24. The number of aryl methyl sites for hydroxylation is 2. The summed E-state index contributed by atoms with van der Waals surface area (Å²) in [5.41, 5.74) is 4.40. The average molecular weight is 392 g/mol. The number of nitrogens with zero attached hydrogens (tertiary/aromatic N) is 5. The van der Waals surface area contributed by atoms with Crippen LogP contribution in [0.25, 0.3) is 0 Å². The van der Waals surface area contributed by atoms with Crippen LogP contribution in [-0.4, -0.2) is 49.1 Å². The molecule has 8 nitrogen and oxygen atoms in total. The number of hydrogen-bond donors (Lipinski definition) is 1. The van der Waals surface area contributed by atoms with Crippen molar-refractivity contribution in [2.75, 3.05) is 13.1 Å². The molecule has 0 saturated carbocycles. The van der Waals surface area contributed by atoms with Crippen LogP contribution in [0.5, 0.6) is 0 Å². The third-order valence-corrected chi connectivity index (χ3v) is 5.35. The van der Waals surface area contributed by atoms with E-state index >= 15 is 0 Å². The summed E-state index contributed by atoms with van der Waals surface area (Å²) in [6.07, 6.45) is 6.45. The van der Waals surface area contributed by atoms with E-state index in [0.29, 0.717) is 37.3 Å².